The van der Waals surface area contributed by atoms with Crippen molar-refractivity contribution in [2.75, 3.05) is 0 Å². The molecule has 0 fully saturated rings. The Morgan fingerprint density at radius 3 is 1.54 bits per heavy atom. The monoisotopic (exact) mass is 432 g/mol. The van der Waals surface area contributed by atoms with Gasteiger partial charge in [-0.25, -0.2) is 12.1 Å². The first kappa shape index (κ1) is 20.9. The van der Waals surface area contributed by atoms with E-state index in [0.717, 1.165) is 0 Å². The fourth-order valence-corrected chi connectivity index (χ4v) is 2.22. The Morgan fingerprint density at radius 2 is 1.21 bits per heavy atom. The summed E-state index contributed by atoms with van der Waals surface area (Å²) in [6, 6.07) is 29.3. The van der Waals surface area contributed by atoms with Crippen LogP contribution in [0.2, 0.25) is 0 Å². The third-order valence-electron chi connectivity index (χ3n) is 3.08. The van der Waals surface area contributed by atoms with Crippen LogP contribution in [0.3, 0.4) is 0 Å². The maximum atomic E-state index is 4.93. The van der Waals surface area contributed by atoms with E-state index in [1.54, 1.807) is 6.08 Å². The molecule has 0 spiro atoms. The van der Waals surface area contributed by atoms with Crippen LogP contribution >= 0.6 is 17.0 Å². The summed E-state index contributed by atoms with van der Waals surface area (Å²) in [4.78, 5) is 0. The van der Waals surface area contributed by atoms with Gasteiger partial charge in [-0.3, -0.25) is 0 Å². The molecule has 0 nitrogen and oxygen atoms in total. The molecule has 3 heteroatoms. The third kappa shape index (κ3) is 7.18. The van der Waals surface area contributed by atoms with E-state index < -0.39 is 20.8 Å². The van der Waals surface area contributed by atoms with Crippen LogP contribution in [-0.4, -0.2) is 0 Å². The van der Waals surface area contributed by atoms with Crippen molar-refractivity contribution in [3.05, 3.63) is 97.6 Å². The minimum absolute atomic E-state index is 0.826. The van der Waals surface area contributed by atoms with Crippen molar-refractivity contribution >= 4 is 38.6 Å². The number of fused-ring (bicyclic) bond motifs is 3. The van der Waals surface area contributed by atoms with E-state index in [0.29, 0.717) is 0 Å². The molecule has 0 amide bonds. The molecule has 0 saturated heterocycles. The SMILES string of the molecule is C=CC.[Cl][Zr+2][Cl].c1cc[cH-]c1.c1ccc2c(c1)[cH-]c1ccccc12. The van der Waals surface area contributed by atoms with E-state index in [4.69, 9.17) is 17.0 Å². The Hall–Kier alpha value is -1.14. The first-order valence-corrected chi connectivity index (χ1v) is 13.8. The third-order valence-corrected chi connectivity index (χ3v) is 3.08. The molecule has 0 unspecified atom stereocenters. The molecule has 0 aliphatic rings. The predicted molar refractivity (Wildman–Crippen MR) is 107 cm³/mol. The van der Waals surface area contributed by atoms with Crippen molar-refractivity contribution in [2.45, 2.75) is 6.92 Å². The molecule has 0 aliphatic heterocycles. The Bertz CT molecular complexity index is 733. The number of hydrogen-bond donors (Lipinski definition) is 0. The van der Waals surface area contributed by atoms with Crippen molar-refractivity contribution in [3.63, 3.8) is 0 Å². The normalized spacial score (nSPS) is 8.62. The number of hydrogen-bond acceptors (Lipinski definition) is 0. The number of halogens is 2. The number of rotatable bonds is 0. The van der Waals surface area contributed by atoms with Gasteiger partial charge in [0.15, 0.2) is 0 Å². The smallest absolute Gasteiger partial charge is 0.0771 e. The minimum atomic E-state index is -0.826. The van der Waals surface area contributed by atoms with Crippen molar-refractivity contribution in [3.8, 4) is 0 Å². The Morgan fingerprint density at radius 1 is 0.833 bits per heavy atom. The Labute approximate surface area is 163 Å². The van der Waals surface area contributed by atoms with Gasteiger partial charge in [-0.2, -0.15) is 18.2 Å². The van der Waals surface area contributed by atoms with E-state index >= 15 is 0 Å². The summed E-state index contributed by atoms with van der Waals surface area (Å²) in [7, 11) is 9.87. The van der Waals surface area contributed by atoms with Crippen molar-refractivity contribution < 1.29 is 20.8 Å². The maximum absolute atomic E-state index is 4.93. The van der Waals surface area contributed by atoms with E-state index in [-0.39, 0.29) is 0 Å². The summed E-state index contributed by atoms with van der Waals surface area (Å²) >= 11 is -0.826. The number of allylic oxidation sites excluding steroid dienone is 1. The van der Waals surface area contributed by atoms with Crippen molar-refractivity contribution in [1.82, 2.24) is 0 Å². The van der Waals surface area contributed by atoms with Gasteiger partial charge in [0.05, 0.1) is 0 Å². The summed E-state index contributed by atoms with van der Waals surface area (Å²) in [5, 5.41) is 5.39. The molecule has 24 heavy (non-hydrogen) atoms. The summed E-state index contributed by atoms with van der Waals surface area (Å²) < 4.78 is 0. The molecular weight excluding hydrogens is 414 g/mol. The van der Waals surface area contributed by atoms with Crippen molar-refractivity contribution in [1.29, 1.82) is 0 Å². The van der Waals surface area contributed by atoms with Gasteiger partial charge in [0.25, 0.3) is 0 Å². The molecule has 0 N–H and O–H groups in total. The molecule has 0 bridgehead atoms. The minimum Gasteiger partial charge on any atom is -0.214 e. The Kier molecular flexibility index (Phi) is 11.5. The maximum Gasteiger partial charge on any atom is -0.0771 e. The summed E-state index contributed by atoms with van der Waals surface area (Å²) in [6.45, 7) is 5.25. The second kappa shape index (κ2) is 13.2. The molecule has 0 saturated carbocycles. The van der Waals surface area contributed by atoms with Crippen LogP contribution in [0, 0.1) is 0 Å². The zero-order chi connectivity index (χ0) is 17.6. The zero-order valence-electron chi connectivity index (χ0n) is 13.6. The summed E-state index contributed by atoms with van der Waals surface area (Å²) in [6.07, 6.45) is 1.75. The van der Waals surface area contributed by atoms with Gasteiger partial charge in [0.2, 0.25) is 0 Å². The number of benzene rings is 2. The fourth-order valence-electron chi connectivity index (χ4n) is 2.22. The van der Waals surface area contributed by atoms with Gasteiger partial charge in [0.1, 0.15) is 0 Å². The quantitative estimate of drug-likeness (QED) is 0.197. The summed E-state index contributed by atoms with van der Waals surface area (Å²) in [5.41, 5.74) is 0. The molecule has 4 aromatic rings. The second-order valence-electron chi connectivity index (χ2n) is 4.76. The van der Waals surface area contributed by atoms with Crippen LogP contribution < -0.4 is 0 Å². The van der Waals surface area contributed by atoms with Crippen LogP contribution in [0.1, 0.15) is 6.92 Å². The molecule has 4 rings (SSSR count). The van der Waals surface area contributed by atoms with Crippen LogP contribution in [0.25, 0.3) is 21.5 Å². The molecule has 4 aromatic carbocycles. The predicted octanol–water partition coefficient (Wildman–Crippen LogP) is 7.69. The van der Waals surface area contributed by atoms with Gasteiger partial charge in [-0.05, 0) is 6.92 Å². The molecule has 0 aliphatic carbocycles. The topological polar surface area (TPSA) is 0 Å². The average molecular weight is 435 g/mol. The molecule has 0 heterocycles. The van der Waals surface area contributed by atoms with Crippen LogP contribution in [0.4, 0.5) is 0 Å². The van der Waals surface area contributed by atoms with E-state index in [2.05, 4.69) is 61.2 Å². The van der Waals surface area contributed by atoms with E-state index in [1.165, 1.54) is 21.5 Å². The average Bonchev–Trinajstić information content (AvgIpc) is 3.28. The molecule has 122 valence electrons. The van der Waals surface area contributed by atoms with Crippen LogP contribution in [0.5, 0.6) is 0 Å². The fraction of sp³-hybridized carbons (Fsp3) is 0.0476. The second-order valence-corrected chi connectivity index (χ2v) is 8.49. The standard InChI is InChI=1S/C13H9.C5H5.C3H6.2ClH.Zr/c1-3-7-12-10(5-1)9-11-6-2-4-8-13(11)12;1-2-4-5-3-1;1-3-2;;;/h1-9H;1-5H;3H,1H2,2H3;2*1H;/q2*-1;;;;+4/p-2. The van der Waals surface area contributed by atoms with Gasteiger partial charge in [-0.1, -0.05) is 42.5 Å². The van der Waals surface area contributed by atoms with Gasteiger partial charge < -0.3 is 0 Å². The Balaban J connectivity index is 0.000000218. The van der Waals surface area contributed by atoms with Gasteiger partial charge in [0, 0.05) is 0 Å². The van der Waals surface area contributed by atoms with E-state index in [9.17, 15) is 0 Å². The molecule has 0 atom stereocenters. The summed E-state index contributed by atoms with van der Waals surface area (Å²) in [5.74, 6) is 0. The molecule has 0 aromatic heterocycles. The molecular formula is C21H20Cl2Zr. The largest absolute Gasteiger partial charge is 0.214 e. The van der Waals surface area contributed by atoms with Crippen LogP contribution in [0.15, 0.2) is 97.6 Å². The van der Waals surface area contributed by atoms with Gasteiger partial charge >= 0.3 is 37.9 Å². The van der Waals surface area contributed by atoms with E-state index in [1.807, 2.05) is 37.3 Å². The van der Waals surface area contributed by atoms with Gasteiger partial charge in [-0.15, -0.1) is 46.3 Å². The van der Waals surface area contributed by atoms with Crippen molar-refractivity contribution in [2.24, 2.45) is 0 Å². The van der Waals surface area contributed by atoms with Crippen LogP contribution in [-0.2, 0) is 20.8 Å². The molecule has 0 radical (unpaired) electrons. The first-order valence-electron chi connectivity index (χ1n) is 7.51. The zero-order valence-corrected chi connectivity index (χ0v) is 17.6. The first-order chi connectivity index (χ1) is 11.8.